The quantitative estimate of drug-likeness (QED) is 0.120. The molecule has 0 bridgehead atoms. The molecular formula is C27H47NO4. The highest BCUT2D eigenvalue weighted by Gasteiger charge is 2.45. The number of hydrogen-bond donors (Lipinski definition) is 2. The van der Waals surface area contributed by atoms with Gasteiger partial charge in [0.25, 0.3) is 5.54 Å². The number of unbranched alkanes of at least 4 members (excludes halogenated alkanes) is 12. The second-order valence-corrected chi connectivity index (χ2v) is 9.26. The van der Waals surface area contributed by atoms with Crippen molar-refractivity contribution in [1.82, 2.24) is 5.32 Å². The Labute approximate surface area is 196 Å². The fourth-order valence-corrected chi connectivity index (χ4v) is 4.23. The van der Waals surface area contributed by atoms with E-state index in [1.54, 1.807) is 12.2 Å². The van der Waals surface area contributed by atoms with Crippen LogP contribution in [0, 0.1) is 5.92 Å². The van der Waals surface area contributed by atoms with Gasteiger partial charge in [0.1, 0.15) is 0 Å². The molecule has 1 heterocycles. The van der Waals surface area contributed by atoms with Crippen LogP contribution in [0.3, 0.4) is 0 Å². The highest BCUT2D eigenvalue weighted by Crippen LogP contribution is 2.22. The number of carbonyl (C=O) groups excluding carboxylic acids is 1. The Morgan fingerprint density at radius 2 is 1.31 bits per heavy atom. The summed E-state index contributed by atoms with van der Waals surface area (Å²) >= 11 is 0. The van der Waals surface area contributed by atoms with E-state index in [0.29, 0.717) is 12.5 Å². The maximum atomic E-state index is 12.7. The van der Waals surface area contributed by atoms with Gasteiger partial charge in [-0.15, -0.1) is 0 Å². The minimum absolute atomic E-state index is 0.304. The van der Waals surface area contributed by atoms with Crippen molar-refractivity contribution in [1.29, 1.82) is 0 Å². The van der Waals surface area contributed by atoms with Crippen molar-refractivity contribution in [2.75, 3.05) is 6.61 Å². The molecule has 0 saturated heterocycles. The molecule has 184 valence electrons. The summed E-state index contributed by atoms with van der Waals surface area (Å²) in [6, 6.07) is 0. The Hall–Kier alpha value is -1.78. The number of aliphatic carboxylic acids is 1. The maximum absolute atomic E-state index is 12.7. The van der Waals surface area contributed by atoms with Gasteiger partial charge in [0.2, 0.25) is 0 Å². The van der Waals surface area contributed by atoms with Gasteiger partial charge in [0.15, 0.2) is 0 Å². The van der Waals surface area contributed by atoms with E-state index < -0.39 is 17.5 Å². The van der Waals surface area contributed by atoms with Gasteiger partial charge in [0, 0.05) is 0 Å². The number of allylic oxidation sites excluding steroid dienone is 2. The predicted octanol–water partition coefficient (Wildman–Crippen LogP) is 6.92. The van der Waals surface area contributed by atoms with E-state index in [1.807, 2.05) is 0 Å². The fourth-order valence-electron chi connectivity index (χ4n) is 4.23. The summed E-state index contributed by atoms with van der Waals surface area (Å²) in [5, 5.41) is 12.3. The number of nitrogens with one attached hydrogen (secondary N) is 1. The van der Waals surface area contributed by atoms with Gasteiger partial charge in [-0.25, -0.2) is 9.59 Å². The van der Waals surface area contributed by atoms with Crippen molar-refractivity contribution in [2.24, 2.45) is 5.92 Å². The number of dihydropyridines is 1. The molecule has 0 aliphatic carbocycles. The Bertz CT molecular complexity index is 572. The van der Waals surface area contributed by atoms with Crippen molar-refractivity contribution in [3.8, 4) is 0 Å². The lowest BCUT2D eigenvalue weighted by Gasteiger charge is -2.27. The molecule has 0 aromatic carbocycles. The van der Waals surface area contributed by atoms with E-state index in [9.17, 15) is 14.7 Å². The summed E-state index contributed by atoms with van der Waals surface area (Å²) in [6.07, 6.45) is 25.9. The number of esters is 1. The van der Waals surface area contributed by atoms with Gasteiger partial charge in [-0.2, -0.15) is 0 Å². The van der Waals surface area contributed by atoms with E-state index in [4.69, 9.17) is 4.74 Å². The first kappa shape index (κ1) is 28.3. The van der Waals surface area contributed by atoms with Crippen LogP contribution in [0.25, 0.3) is 0 Å². The average molecular weight is 450 g/mol. The third-order valence-electron chi connectivity index (χ3n) is 6.41. The second kappa shape index (κ2) is 17.7. The lowest BCUT2D eigenvalue weighted by Crippen LogP contribution is -2.56. The Balaban J connectivity index is 2.45. The van der Waals surface area contributed by atoms with Gasteiger partial charge in [-0.3, -0.25) is 0 Å². The second-order valence-electron chi connectivity index (χ2n) is 9.26. The van der Waals surface area contributed by atoms with E-state index in [-0.39, 0.29) is 0 Å². The lowest BCUT2D eigenvalue weighted by molar-refractivity contribution is -0.160. The fraction of sp³-hybridized carbons (Fsp3) is 0.778. The van der Waals surface area contributed by atoms with Crippen molar-refractivity contribution in [3.63, 3.8) is 0 Å². The third kappa shape index (κ3) is 11.2. The third-order valence-corrected chi connectivity index (χ3v) is 6.41. The highest BCUT2D eigenvalue weighted by atomic mass is 16.5. The van der Waals surface area contributed by atoms with Crippen LogP contribution in [-0.4, -0.2) is 29.2 Å². The summed E-state index contributed by atoms with van der Waals surface area (Å²) in [4.78, 5) is 24.4. The summed E-state index contributed by atoms with van der Waals surface area (Å²) < 4.78 is 5.56. The minimum atomic E-state index is -1.81. The first-order chi connectivity index (χ1) is 15.6. The zero-order chi connectivity index (χ0) is 23.5. The van der Waals surface area contributed by atoms with Crippen molar-refractivity contribution in [2.45, 2.75) is 122 Å². The molecular weight excluding hydrogens is 402 g/mol. The minimum Gasteiger partial charge on any atom is -0.479 e. The summed E-state index contributed by atoms with van der Waals surface area (Å²) in [7, 11) is 0. The first-order valence-electron chi connectivity index (χ1n) is 13.1. The molecule has 0 fully saturated rings. The van der Waals surface area contributed by atoms with E-state index in [1.165, 1.54) is 89.3 Å². The average Bonchev–Trinajstić information content (AvgIpc) is 2.80. The number of carbonyl (C=O) groups is 2. The van der Waals surface area contributed by atoms with Gasteiger partial charge >= 0.3 is 11.9 Å². The van der Waals surface area contributed by atoms with E-state index in [0.717, 1.165) is 25.7 Å². The van der Waals surface area contributed by atoms with Gasteiger partial charge in [0.05, 0.1) is 6.61 Å². The molecule has 1 aliphatic heterocycles. The van der Waals surface area contributed by atoms with Crippen LogP contribution < -0.4 is 5.32 Å². The van der Waals surface area contributed by atoms with Crippen molar-refractivity contribution in [3.05, 3.63) is 24.4 Å². The Morgan fingerprint density at radius 3 is 1.75 bits per heavy atom. The molecule has 1 aliphatic rings. The molecule has 5 heteroatoms. The standard InChI is InChI=1S/C27H47NO4/c1-3-5-7-9-11-12-14-16-20-24(19-15-13-10-8-6-4-2)23-32-26(31)27(25(29)30)21-17-18-22-28-27/h17-18,21-22,24,28H,3-16,19-20,23H2,1-2H3,(H,29,30). The molecule has 2 N–H and O–H groups in total. The van der Waals surface area contributed by atoms with Crippen LogP contribution in [0.2, 0.25) is 0 Å². The summed E-state index contributed by atoms with van der Waals surface area (Å²) in [6.45, 7) is 4.77. The monoisotopic (exact) mass is 449 g/mol. The highest BCUT2D eigenvalue weighted by molar-refractivity contribution is 6.07. The molecule has 2 atom stereocenters. The van der Waals surface area contributed by atoms with Crippen molar-refractivity contribution >= 4 is 11.9 Å². The summed E-state index contributed by atoms with van der Waals surface area (Å²) in [5.74, 6) is -1.66. The summed E-state index contributed by atoms with van der Waals surface area (Å²) in [5.41, 5.74) is -1.81. The van der Waals surface area contributed by atoms with Crippen LogP contribution in [0.15, 0.2) is 24.4 Å². The van der Waals surface area contributed by atoms with Gasteiger partial charge in [-0.05, 0) is 37.1 Å². The van der Waals surface area contributed by atoms with Gasteiger partial charge in [-0.1, -0.05) is 110 Å². The molecule has 5 nitrogen and oxygen atoms in total. The molecule has 1 rings (SSSR count). The van der Waals surface area contributed by atoms with Crippen LogP contribution in [0.4, 0.5) is 0 Å². The van der Waals surface area contributed by atoms with Crippen LogP contribution in [-0.2, 0) is 14.3 Å². The topological polar surface area (TPSA) is 75.6 Å². The number of ether oxygens (including phenoxy) is 1. The number of hydrogen-bond acceptors (Lipinski definition) is 4. The molecule has 0 aromatic rings. The molecule has 0 saturated carbocycles. The van der Waals surface area contributed by atoms with Crippen LogP contribution >= 0.6 is 0 Å². The smallest absolute Gasteiger partial charge is 0.347 e. The molecule has 0 aromatic heterocycles. The zero-order valence-electron chi connectivity index (χ0n) is 20.6. The SMILES string of the molecule is CCCCCCCCCCC(CCCCCCCC)COC(=O)C1(C(=O)O)C=CC=CN1. The number of carboxylic acid groups (broad SMARTS) is 1. The maximum Gasteiger partial charge on any atom is 0.347 e. The van der Waals surface area contributed by atoms with Crippen LogP contribution in [0.5, 0.6) is 0 Å². The van der Waals surface area contributed by atoms with E-state index in [2.05, 4.69) is 19.2 Å². The van der Waals surface area contributed by atoms with Crippen molar-refractivity contribution < 1.29 is 19.4 Å². The normalized spacial score (nSPS) is 18.3. The lowest BCUT2D eigenvalue weighted by atomic mass is 9.94. The number of rotatable bonds is 20. The molecule has 32 heavy (non-hydrogen) atoms. The number of carboxylic acids is 1. The van der Waals surface area contributed by atoms with Crippen LogP contribution in [0.1, 0.15) is 117 Å². The Morgan fingerprint density at radius 1 is 0.812 bits per heavy atom. The molecule has 0 radical (unpaired) electrons. The molecule has 0 amide bonds. The predicted molar refractivity (Wildman–Crippen MR) is 131 cm³/mol. The zero-order valence-corrected chi connectivity index (χ0v) is 20.6. The first-order valence-corrected chi connectivity index (χ1v) is 13.1. The molecule has 0 spiro atoms. The Kier molecular flexibility index (Phi) is 15.7. The van der Waals surface area contributed by atoms with Gasteiger partial charge < -0.3 is 15.2 Å². The molecule has 2 unspecified atom stereocenters. The largest absolute Gasteiger partial charge is 0.479 e. The van der Waals surface area contributed by atoms with E-state index >= 15 is 0 Å².